The van der Waals surface area contributed by atoms with Gasteiger partial charge in [0.15, 0.2) is 0 Å². The fourth-order valence-corrected chi connectivity index (χ4v) is 3.34. The van der Waals surface area contributed by atoms with Gasteiger partial charge in [0.05, 0.1) is 0 Å². The number of carbonyl (C=O) groups is 1. The largest absolute Gasteiger partial charge is 0.354 e. The lowest BCUT2D eigenvalue weighted by molar-refractivity contribution is -0.128. The maximum atomic E-state index is 11.7. The first-order valence-corrected chi connectivity index (χ1v) is 4.87. The molecule has 3 aliphatic heterocycles. The van der Waals surface area contributed by atoms with Gasteiger partial charge in [-0.2, -0.15) is 0 Å². The van der Waals surface area contributed by atoms with Crippen molar-refractivity contribution >= 4 is 5.91 Å². The van der Waals surface area contributed by atoms with Crippen LogP contribution < -0.4 is 5.32 Å². The van der Waals surface area contributed by atoms with Gasteiger partial charge in [-0.05, 0) is 38.3 Å². The molecule has 3 saturated heterocycles. The molecule has 2 bridgehead atoms. The molecule has 0 radical (unpaired) electrons. The van der Waals surface area contributed by atoms with Gasteiger partial charge in [-0.3, -0.25) is 9.69 Å². The number of carbonyl (C=O) groups excluding carboxylic acids is 1. The lowest BCUT2D eigenvalue weighted by Crippen LogP contribution is -2.48. The number of amides is 1. The van der Waals surface area contributed by atoms with E-state index in [0.29, 0.717) is 11.8 Å². The molecule has 0 aliphatic carbocycles. The van der Waals surface area contributed by atoms with Crippen LogP contribution >= 0.6 is 0 Å². The zero-order valence-corrected chi connectivity index (χ0v) is 7.18. The minimum atomic E-state index is -0.0417. The third-order valence-corrected chi connectivity index (χ3v) is 3.92. The average molecular weight is 166 g/mol. The quantitative estimate of drug-likeness (QED) is 0.548. The summed E-state index contributed by atoms with van der Waals surface area (Å²) in [4.78, 5) is 14.1. The summed E-state index contributed by atoms with van der Waals surface area (Å²) in [6, 6.07) is 0. The lowest BCUT2D eigenvalue weighted by Gasteiger charge is -2.28. The Hall–Kier alpha value is -0.570. The Morgan fingerprint density at radius 3 is 2.58 bits per heavy atom. The summed E-state index contributed by atoms with van der Waals surface area (Å²) in [6.07, 6.45) is 3.54. The highest BCUT2D eigenvalue weighted by molar-refractivity contribution is 5.89. The first kappa shape index (κ1) is 6.89. The number of piperidine rings is 1. The van der Waals surface area contributed by atoms with Gasteiger partial charge in [-0.25, -0.2) is 0 Å². The first-order valence-electron chi connectivity index (χ1n) is 4.87. The zero-order valence-electron chi connectivity index (χ0n) is 7.18. The molecule has 1 N–H and O–H groups in total. The fourth-order valence-electron chi connectivity index (χ4n) is 3.34. The molecule has 12 heavy (non-hydrogen) atoms. The monoisotopic (exact) mass is 166 g/mol. The molecule has 3 heteroatoms. The van der Waals surface area contributed by atoms with Gasteiger partial charge in [-0.15, -0.1) is 0 Å². The van der Waals surface area contributed by atoms with Crippen LogP contribution in [0.1, 0.15) is 19.3 Å². The van der Waals surface area contributed by atoms with Crippen molar-refractivity contribution in [2.24, 2.45) is 5.92 Å². The van der Waals surface area contributed by atoms with Crippen LogP contribution in [0.15, 0.2) is 0 Å². The third-order valence-electron chi connectivity index (χ3n) is 3.92. The standard InChI is InChI=1S/C9H14N2O/c12-8-9(3-4-10-8)7-1-5-11(9)6-2-7/h7H,1-6H2,(H,10,12)/t9-/m0/s1. The number of nitrogens with zero attached hydrogens (tertiary/aromatic N) is 1. The van der Waals surface area contributed by atoms with Crippen LogP contribution in [0.3, 0.4) is 0 Å². The van der Waals surface area contributed by atoms with Crippen LogP contribution in [-0.2, 0) is 4.79 Å². The number of hydrogen-bond donors (Lipinski definition) is 1. The molecule has 3 aliphatic rings. The molecule has 3 fully saturated rings. The van der Waals surface area contributed by atoms with Crippen LogP contribution in [0, 0.1) is 5.92 Å². The van der Waals surface area contributed by atoms with Crippen LogP contribution in [-0.4, -0.2) is 36.0 Å². The minimum absolute atomic E-state index is 0.0417. The second kappa shape index (κ2) is 2.02. The zero-order chi connectivity index (χ0) is 8.18. The highest BCUT2D eigenvalue weighted by atomic mass is 16.2. The van der Waals surface area contributed by atoms with E-state index in [4.69, 9.17) is 0 Å². The summed E-state index contributed by atoms with van der Waals surface area (Å²) in [7, 11) is 0. The predicted octanol–water partition coefficient (Wildman–Crippen LogP) is -0.0293. The summed E-state index contributed by atoms with van der Waals surface area (Å²) in [5.41, 5.74) is -0.0417. The maximum Gasteiger partial charge on any atom is 0.240 e. The van der Waals surface area contributed by atoms with Gasteiger partial charge in [0, 0.05) is 6.54 Å². The Kier molecular flexibility index (Phi) is 1.16. The smallest absolute Gasteiger partial charge is 0.240 e. The summed E-state index contributed by atoms with van der Waals surface area (Å²) >= 11 is 0. The Labute approximate surface area is 72.1 Å². The predicted molar refractivity (Wildman–Crippen MR) is 44.7 cm³/mol. The van der Waals surface area contributed by atoms with Crippen LogP contribution in [0.2, 0.25) is 0 Å². The number of rotatable bonds is 0. The molecule has 3 heterocycles. The molecular formula is C9H14N2O. The van der Waals surface area contributed by atoms with Gasteiger partial charge in [0.2, 0.25) is 5.91 Å². The minimum Gasteiger partial charge on any atom is -0.354 e. The van der Waals surface area contributed by atoms with E-state index in [-0.39, 0.29) is 5.54 Å². The normalized spacial score (nSPS) is 50.5. The van der Waals surface area contributed by atoms with Crippen molar-refractivity contribution in [1.82, 2.24) is 10.2 Å². The van der Waals surface area contributed by atoms with Crippen molar-refractivity contribution in [3.63, 3.8) is 0 Å². The molecule has 66 valence electrons. The second-order valence-corrected chi connectivity index (χ2v) is 4.19. The molecule has 1 amide bonds. The Bertz CT molecular complexity index is 219. The van der Waals surface area contributed by atoms with E-state index < -0.39 is 0 Å². The van der Waals surface area contributed by atoms with E-state index >= 15 is 0 Å². The first-order chi connectivity index (χ1) is 5.84. The van der Waals surface area contributed by atoms with Crippen molar-refractivity contribution in [2.45, 2.75) is 24.8 Å². The summed E-state index contributed by atoms with van der Waals surface area (Å²) in [5, 5.41) is 2.97. The number of hydrogen-bond acceptors (Lipinski definition) is 2. The topological polar surface area (TPSA) is 32.3 Å². The number of nitrogens with one attached hydrogen (secondary N) is 1. The lowest BCUT2D eigenvalue weighted by atomic mass is 9.85. The molecule has 0 aromatic heterocycles. The Morgan fingerprint density at radius 1 is 1.42 bits per heavy atom. The van der Waals surface area contributed by atoms with E-state index in [2.05, 4.69) is 10.2 Å². The van der Waals surface area contributed by atoms with Gasteiger partial charge < -0.3 is 5.32 Å². The SMILES string of the molecule is O=C1NCC[C@]12C1CCN2CC1. The Morgan fingerprint density at radius 2 is 2.17 bits per heavy atom. The van der Waals surface area contributed by atoms with Crippen LogP contribution in [0.5, 0.6) is 0 Å². The highest BCUT2D eigenvalue weighted by Crippen LogP contribution is 2.47. The van der Waals surface area contributed by atoms with Crippen molar-refractivity contribution < 1.29 is 4.79 Å². The molecular weight excluding hydrogens is 152 g/mol. The van der Waals surface area contributed by atoms with E-state index in [0.717, 1.165) is 26.1 Å². The molecule has 3 rings (SSSR count). The van der Waals surface area contributed by atoms with E-state index in [1.165, 1.54) is 12.8 Å². The third kappa shape index (κ3) is 0.565. The summed E-state index contributed by atoms with van der Waals surface area (Å²) < 4.78 is 0. The van der Waals surface area contributed by atoms with E-state index in [1.54, 1.807) is 0 Å². The van der Waals surface area contributed by atoms with Gasteiger partial charge in [-0.1, -0.05) is 0 Å². The van der Waals surface area contributed by atoms with Crippen LogP contribution in [0.25, 0.3) is 0 Å². The van der Waals surface area contributed by atoms with Gasteiger partial charge in [0.25, 0.3) is 0 Å². The molecule has 0 aromatic carbocycles. The molecule has 1 atom stereocenters. The summed E-state index contributed by atoms with van der Waals surface area (Å²) in [5.74, 6) is 0.975. The average Bonchev–Trinajstić information content (AvgIpc) is 2.73. The van der Waals surface area contributed by atoms with Crippen molar-refractivity contribution in [2.75, 3.05) is 19.6 Å². The molecule has 0 aromatic rings. The van der Waals surface area contributed by atoms with Crippen molar-refractivity contribution in [3.8, 4) is 0 Å². The molecule has 0 unspecified atom stereocenters. The van der Waals surface area contributed by atoms with E-state index in [1.807, 2.05) is 0 Å². The van der Waals surface area contributed by atoms with Gasteiger partial charge >= 0.3 is 0 Å². The summed E-state index contributed by atoms with van der Waals surface area (Å²) in [6.45, 7) is 3.20. The fraction of sp³-hybridized carbons (Fsp3) is 0.889. The van der Waals surface area contributed by atoms with Crippen molar-refractivity contribution in [3.05, 3.63) is 0 Å². The highest BCUT2D eigenvalue weighted by Gasteiger charge is 2.59. The van der Waals surface area contributed by atoms with Crippen molar-refractivity contribution in [1.29, 1.82) is 0 Å². The molecule has 0 saturated carbocycles. The molecule has 3 nitrogen and oxygen atoms in total. The Balaban J connectivity index is 2.04. The molecule has 1 spiro atoms. The van der Waals surface area contributed by atoms with Crippen LogP contribution in [0.4, 0.5) is 0 Å². The van der Waals surface area contributed by atoms with E-state index in [9.17, 15) is 4.79 Å². The van der Waals surface area contributed by atoms with Gasteiger partial charge in [0.1, 0.15) is 5.54 Å². The maximum absolute atomic E-state index is 11.7. The second-order valence-electron chi connectivity index (χ2n) is 4.19.